The summed E-state index contributed by atoms with van der Waals surface area (Å²) in [7, 11) is 0. The van der Waals surface area contributed by atoms with E-state index in [0.29, 0.717) is 43.1 Å². The highest BCUT2D eigenvalue weighted by Gasteiger charge is 2.29. The predicted molar refractivity (Wildman–Crippen MR) is 114 cm³/mol. The minimum atomic E-state index is -0.364. The molecule has 0 unspecified atom stereocenters. The molecule has 1 fully saturated rings. The van der Waals surface area contributed by atoms with Gasteiger partial charge in [-0.3, -0.25) is 14.9 Å². The summed E-state index contributed by atoms with van der Waals surface area (Å²) in [6.45, 7) is 5.84. The Labute approximate surface area is 174 Å². The highest BCUT2D eigenvalue weighted by Crippen LogP contribution is 2.29. The number of nitrogens with zero attached hydrogens (tertiary/aromatic N) is 5. The summed E-state index contributed by atoms with van der Waals surface area (Å²) < 4.78 is 1.80. The van der Waals surface area contributed by atoms with Gasteiger partial charge in [-0.15, -0.1) is 0 Å². The van der Waals surface area contributed by atoms with Gasteiger partial charge < -0.3 is 9.80 Å². The van der Waals surface area contributed by atoms with Crippen LogP contribution in [-0.4, -0.2) is 51.7 Å². The molecule has 1 aromatic heterocycles. The molecular formula is C22H23N5O3. The maximum atomic E-state index is 13.3. The van der Waals surface area contributed by atoms with Gasteiger partial charge in [0.2, 0.25) is 0 Å². The molecule has 4 rings (SSSR count). The van der Waals surface area contributed by atoms with E-state index in [9.17, 15) is 14.9 Å². The Morgan fingerprint density at radius 1 is 0.967 bits per heavy atom. The van der Waals surface area contributed by atoms with Gasteiger partial charge in [-0.05, 0) is 32.0 Å². The van der Waals surface area contributed by atoms with E-state index < -0.39 is 0 Å². The van der Waals surface area contributed by atoms with Crippen LogP contribution in [0.4, 0.5) is 11.4 Å². The number of hydrogen-bond donors (Lipinski definition) is 0. The van der Waals surface area contributed by atoms with Crippen molar-refractivity contribution in [3.05, 3.63) is 81.7 Å². The van der Waals surface area contributed by atoms with Gasteiger partial charge in [-0.1, -0.05) is 30.3 Å². The van der Waals surface area contributed by atoms with Crippen molar-refractivity contribution in [2.75, 3.05) is 31.1 Å². The Morgan fingerprint density at radius 2 is 1.60 bits per heavy atom. The summed E-state index contributed by atoms with van der Waals surface area (Å²) in [5.74, 6) is -0.0469. The Bertz CT molecular complexity index is 1090. The third kappa shape index (κ3) is 3.52. The smallest absolute Gasteiger partial charge is 0.292 e. The van der Waals surface area contributed by atoms with Crippen molar-refractivity contribution in [1.82, 2.24) is 14.7 Å². The fourth-order valence-corrected chi connectivity index (χ4v) is 3.97. The average molecular weight is 405 g/mol. The van der Waals surface area contributed by atoms with Crippen molar-refractivity contribution < 1.29 is 9.72 Å². The van der Waals surface area contributed by atoms with E-state index in [1.54, 1.807) is 27.8 Å². The molecular weight excluding hydrogens is 382 g/mol. The molecule has 1 amide bonds. The number of carbonyl (C=O) groups excluding carboxylic acids is 1. The summed E-state index contributed by atoms with van der Waals surface area (Å²) in [6.07, 6.45) is 0. The molecule has 1 saturated heterocycles. The number of piperazine rings is 1. The zero-order valence-corrected chi connectivity index (χ0v) is 17.0. The molecule has 0 saturated carbocycles. The monoisotopic (exact) mass is 405 g/mol. The molecule has 8 heteroatoms. The fraction of sp³-hybridized carbons (Fsp3) is 0.273. The first-order chi connectivity index (χ1) is 14.5. The highest BCUT2D eigenvalue weighted by molar-refractivity contribution is 5.96. The van der Waals surface area contributed by atoms with Gasteiger partial charge in [-0.25, -0.2) is 4.68 Å². The van der Waals surface area contributed by atoms with Gasteiger partial charge in [0, 0.05) is 32.2 Å². The second-order valence-electron chi connectivity index (χ2n) is 7.32. The second-order valence-corrected chi connectivity index (χ2v) is 7.32. The molecule has 30 heavy (non-hydrogen) atoms. The van der Waals surface area contributed by atoms with E-state index in [4.69, 9.17) is 0 Å². The van der Waals surface area contributed by atoms with Crippen LogP contribution in [0.5, 0.6) is 0 Å². The van der Waals surface area contributed by atoms with Gasteiger partial charge in [0.15, 0.2) is 0 Å². The Morgan fingerprint density at radius 3 is 2.27 bits per heavy atom. The second kappa shape index (κ2) is 7.98. The summed E-state index contributed by atoms with van der Waals surface area (Å²) in [6, 6.07) is 16.5. The Kier molecular flexibility index (Phi) is 5.22. The van der Waals surface area contributed by atoms with Gasteiger partial charge >= 0.3 is 0 Å². The maximum absolute atomic E-state index is 13.3. The van der Waals surface area contributed by atoms with E-state index in [0.717, 1.165) is 11.4 Å². The summed E-state index contributed by atoms with van der Waals surface area (Å²) in [4.78, 5) is 28.0. The van der Waals surface area contributed by atoms with Crippen LogP contribution in [0.15, 0.2) is 54.6 Å². The number of benzene rings is 2. The number of nitro benzene ring substituents is 1. The molecule has 2 heterocycles. The normalized spacial score (nSPS) is 14.1. The minimum absolute atomic E-state index is 0.0469. The Balaban J connectivity index is 1.52. The van der Waals surface area contributed by atoms with E-state index >= 15 is 0 Å². The molecule has 2 aromatic carbocycles. The first-order valence-electron chi connectivity index (χ1n) is 9.86. The van der Waals surface area contributed by atoms with Crippen molar-refractivity contribution in [2.24, 2.45) is 0 Å². The third-order valence-electron chi connectivity index (χ3n) is 5.49. The third-order valence-corrected chi connectivity index (χ3v) is 5.49. The van der Waals surface area contributed by atoms with Crippen LogP contribution in [0.1, 0.15) is 21.7 Å². The SMILES string of the molecule is Cc1nn(-c2ccccc2)c(C)c1C(=O)N1CCN(c2ccccc2[N+](=O)[O-])CC1. The first kappa shape index (κ1) is 19.6. The number of aryl methyl sites for hydroxylation is 1. The lowest BCUT2D eigenvalue weighted by atomic mass is 10.1. The maximum Gasteiger partial charge on any atom is 0.292 e. The van der Waals surface area contributed by atoms with Crippen LogP contribution in [0, 0.1) is 24.0 Å². The zero-order valence-electron chi connectivity index (χ0n) is 17.0. The molecule has 0 atom stereocenters. The van der Waals surface area contributed by atoms with Crippen LogP contribution >= 0.6 is 0 Å². The molecule has 3 aromatic rings. The zero-order chi connectivity index (χ0) is 21.3. The number of carbonyl (C=O) groups is 1. The summed E-state index contributed by atoms with van der Waals surface area (Å²) in [5, 5.41) is 15.9. The minimum Gasteiger partial charge on any atom is -0.362 e. The van der Waals surface area contributed by atoms with Crippen LogP contribution in [-0.2, 0) is 0 Å². The average Bonchev–Trinajstić information content (AvgIpc) is 3.08. The van der Waals surface area contributed by atoms with Crippen LogP contribution in [0.25, 0.3) is 5.69 Å². The molecule has 0 bridgehead atoms. The van der Waals surface area contributed by atoms with Crippen molar-refractivity contribution in [3.63, 3.8) is 0 Å². The topological polar surface area (TPSA) is 84.5 Å². The predicted octanol–water partition coefficient (Wildman–Crippen LogP) is 3.36. The van der Waals surface area contributed by atoms with E-state index in [1.807, 2.05) is 49.1 Å². The number of aromatic nitrogens is 2. The summed E-state index contributed by atoms with van der Waals surface area (Å²) in [5.41, 5.74) is 3.73. The molecule has 154 valence electrons. The quantitative estimate of drug-likeness (QED) is 0.491. The van der Waals surface area contributed by atoms with Crippen molar-refractivity contribution in [3.8, 4) is 5.69 Å². The van der Waals surface area contributed by atoms with Crippen molar-refractivity contribution >= 4 is 17.3 Å². The van der Waals surface area contributed by atoms with Gasteiger partial charge in [0.25, 0.3) is 11.6 Å². The number of hydrogen-bond acceptors (Lipinski definition) is 5. The molecule has 0 aliphatic carbocycles. The van der Waals surface area contributed by atoms with Gasteiger partial charge in [0.05, 0.1) is 27.6 Å². The standard InChI is InChI=1S/C22H23N5O3/c1-16-21(17(2)26(23-16)18-8-4-3-5-9-18)22(28)25-14-12-24(13-15-25)19-10-6-7-11-20(19)27(29)30/h3-11H,12-15H2,1-2H3. The largest absolute Gasteiger partial charge is 0.362 e. The lowest BCUT2D eigenvalue weighted by Crippen LogP contribution is -2.49. The Hall–Kier alpha value is -3.68. The van der Waals surface area contributed by atoms with E-state index in [1.165, 1.54) is 6.07 Å². The van der Waals surface area contributed by atoms with Crippen LogP contribution in [0.3, 0.4) is 0 Å². The number of anilines is 1. The summed E-state index contributed by atoms with van der Waals surface area (Å²) >= 11 is 0. The van der Waals surface area contributed by atoms with Gasteiger partial charge in [-0.2, -0.15) is 5.10 Å². The van der Waals surface area contributed by atoms with Crippen LogP contribution in [0.2, 0.25) is 0 Å². The van der Waals surface area contributed by atoms with Gasteiger partial charge in [0.1, 0.15) is 5.69 Å². The molecule has 1 aliphatic heterocycles. The van der Waals surface area contributed by atoms with Crippen molar-refractivity contribution in [2.45, 2.75) is 13.8 Å². The fourth-order valence-electron chi connectivity index (χ4n) is 3.97. The molecule has 1 aliphatic rings. The number of nitro groups is 1. The van der Waals surface area contributed by atoms with Crippen LogP contribution < -0.4 is 4.90 Å². The molecule has 0 N–H and O–H groups in total. The van der Waals surface area contributed by atoms with E-state index in [2.05, 4.69) is 5.10 Å². The van der Waals surface area contributed by atoms with Crippen molar-refractivity contribution in [1.29, 1.82) is 0 Å². The number of rotatable bonds is 4. The highest BCUT2D eigenvalue weighted by atomic mass is 16.6. The lowest BCUT2D eigenvalue weighted by molar-refractivity contribution is -0.384. The molecule has 0 spiro atoms. The van der Waals surface area contributed by atoms with E-state index in [-0.39, 0.29) is 16.5 Å². The first-order valence-corrected chi connectivity index (χ1v) is 9.86. The number of amides is 1. The number of para-hydroxylation sites is 3. The lowest BCUT2D eigenvalue weighted by Gasteiger charge is -2.35. The molecule has 0 radical (unpaired) electrons. The molecule has 8 nitrogen and oxygen atoms in total.